The van der Waals surface area contributed by atoms with E-state index in [4.69, 9.17) is 4.74 Å². The molecule has 1 aliphatic heterocycles. The van der Waals surface area contributed by atoms with Crippen molar-refractivity contribution >= 4 is 27.6 Å². The quantitative estimate of drug-likeness (QED) is 0.414. The van der Waals surface area contributed by atoms with E-state index in [1.54, 1.807) is 58.4 Å². The first-order chi connectivity index (χ1) is 20.3. The average molecular weight is 613 g/mol. The van der Waals surface area contributed by atoms with Crippen LogP contribution in [0.15, 0.2) is 71.6 Å². The summed E-state index contributed by atoms with van der Waals surface area (Å²) in [6.45, 7) is 3.24. The third-order valence-electron chi connectivity index (χ3n) is 7.41. The van der Waals surface area contributed by atoms with Crippen molar-refractivity contribution in [1.29, 1.82) is 0 Å². The fourth-order valence-electron chi connectivity index (χ4n) is 4.82. The van der Waals surface area contributed by atoms with Gasteiger partial charge in [0.25, 0.3) is 5.91 Å². The Morgan fingerprint density at radius 3 is 2.40 bits per heavy atom. The number of hydrogen-bond acceptors (Lipinski definition) is 6. The zero-order chi connectivity index (χ0) is 31.5. The number of anilines is 1. The number of hydrogen-bond donors (Lipinski definition) is 2. The van der Waals surface area contributed by atoms with Gasteiger partial charge in [0.2, 0.25) is 10.0 Å². The van der Waals surface area contributed by atoms with Crippen LogP contribution >= 0.6 is 0 Å². The van der Waals surface area contributed by atoms with Gasteiger partial charge in [0, 0.05) is 50.9 Å². The van der Waals surface area contributed by atoms with Gasteiger partial charge in [-0.3, -0.25) is 4.79 Å². The monoisotopic (exact) mass is 612 g/mol. The zero-order valence-electron chi connectivity index (χ0n) is 24.8. The van der Waals surface area contributed by atoms with E-state index in [0.717, 1.165) is 0 Å². The Labute approximate surface area is 251 Å². The van der Waals surface area contributed by atoms with Gasteiger partial charge < -0.3 is 25.0 Å². The minimum atomic E-state index is -4.07. The number of rotatable bonds is 7. The van der Waals surface area contributed by atoms with Crippen molar-refractivity contribution in [2.24, 2.45) is 5.92 Å². The van der Waals surface area contributed by atoms with Crippen molar-refractivity contribution in [3.05, 3.63) is 78.1 Å². The molecular formula is C31H37FN4O6S. The van der Waals surface area contributed by atoms with Crippen LogP contribution in [0.2, 0.25) is 0 Å². The largest absolute Gasteiger partial charge is 0.487 e. The number of ether oxygens (including phenoxy) is 1. The van der Waals surface area contributed by atoms with Gasteiger partial charge in [-0.25, -0.2) is 17.6 Å². The first-order valence-corrected chi connectivity index (χ1v) is 15.3. The molecule has 3 aromatic carbocycles. The third-order valence-corrected chi connectivity index (χ3v) is 9.43. The maximum Gasteiger partial charge on any atom is 0.321 e. The second kappa shape index (κ2) is 13.1. The summed E-state index contributed by atoms with van der Waals surface area (Å²) in [5, 5.41) is 12.6. The molecule has 3 aromatic rings. The van der Waals surface area contributed by atoms with E-state index in [-0.39, 0.29) is 42.2 Å². The van der Waals surface area contributed by atoms with Crippen LogP contribution in [0.25, 0.3) is 11.1 Å². The normalized spacial score (nSPS) is 18.8. The fraction of sp³-hybridized carbons (Fsp3) is 0.355. The van der Waals surface area contributed by atoms with Crippen molar-refractivity contribution in [3.63, 3.8) is 0 Å². The van der Waals surface area contributed by atoms with E-state index >= 15 is 0 Å². The topological polar surface area (TPSA) is 119 Å². The Kier molecular flexibility index (Phi) is 9.73. The second-order valence-electron chi connectivity index (χ2n) is 11.0. The summed E-state index contributed by atoms with van der Waals surface area (Å²) >= 11 is 0. The fourth-order valence-corrected chi connectivity index (χ4v) is 6.64. The second-order valence-corrected chi connectivity index (χ2v) is 12.9. The van der Waals surface area contributed by atoms with E-state index in [9.17, 15) is 27.5 Å². The number of amides is 3. The van der Waals surface area contributed by atoms with E-state index < -0.39 is 34.0 Å². The molecule has 0 saturated heterocycles. The van der Waals surface area contributed by atoms with Crippen molar-refractivity contribution in [1.82, 2.24) is 14.1 Å². The maximum absolute atomic E-state index is 13.8. The van der Waals surface area contributed by atoms with Crippen LogP contribution in [0.3, 0.4) is 0 Å². The Morgan fingerprint density at radius 1 is 1.07 bits per heavy atom. The van der Waals surface area contributed by atoms with Crippen LogP contribution in [-0.4, -0.2) is 92.6 Å². The van der Waals surface area contributed by atoms with Gasteiger partial charge in [-0.15, -0.1) is 0 Å². The number of aliphatic hydroxyl groups excluding tert-OH is 1. The van der Waals surface area contributed by atoms with Gasteiger partial charge in [0.05, 0.1) is 13.2 Å². The van der Waals surface area contributed by atoms with E-state index in [0.29, 0.717) is 22.4 Å². The number of benzene rings is 3. The van der Waals surface area contributed by atoms with Gasteiger partial charge in [-0.05, 0) is 66.6 Å². The van der Waals surface area contributed by atoms with Crippen LogP contribution in [0.4, 0.5) is 14.9 Å². The highest BCUT2D eigenvalue weighted by molar-refractivity contribution is 7.89. The lowest BCUT2D eigenvalue weighted by Gasteiger charge is -2.37. The number of sulfonamides is 1. The lowest BCUT2D eigenvalue weighted by atomic mass is 10.0. The molecule has 0 bridgehead atoms. The molecule has 230 valence electrons. The summed E-state index contributed by atoms with van der Waals surface area (Å²) in [6, 6.07) is 16.0. The molecule has 1 aliphatic rings. The zero-order valence-corrected chi connectivity index (χ0v) is 25.6. The molecule has 43 heavy (non-hydrogen) atoms. The van der Waals surface area contributed by atoms with Crippen LogP contribution in [0.1, 0.15) is 24.2 Å². The van der Waals surface area contributed by atoms with Crippen molar-refractivity contribution in [2.75, 3.05) is 46.2 Å². The van der Waals surface area contributed by atoms with Crippen LogP contribution < -0.4 is 10.1 Å². The van der Waals surface area contributed by atoms with Gasteiger partial charge in [-0.2, -0.15) is 4.31 Å². The molecule has 0 radical (unpaired) electrons. The lowest BCUT2D eigenvalue weighted by Crippen LogP contribution is -2.50. The standard InChI is InChI=1S/C31H37FN4O6S/c1-20-17-36(21(2)19-37)43(40,41)29-14-9-23(22-7-6-8-24(15-22)30(38)34(3)4)16-27(29)42-28(20)18-35(5)31(39)33-26-12-10-25(32)11-13-26/h6-16,20-21,28,37H,17-19H2,1-5H3,(H,33,39)/t20-,21+,28-/m1/s1. The number of aliphatic hydroxyl groups is 1. The predicted octanol–water partition coefficient (Wildman–Crippen LogP) is 4.13. The molecule has 0 fully saturated rings. The minimum absolute atomic E-state index is 0.0536. The molecule has 3 atom stereocenters. The van der Waals surface area contributed by atoms with E-state index in [1.807, 2.05) is 13.0 Å². The molecule has 2 N–H and O–H groups in total. The molecule has 0 unspecified atom stereocenters. The maximum atomic E-state index is 13.8. The number of nitrogens with one attached hydrogen (secondary N) is 1. The number of likely N-dealkylation sites (N-methyl/N-ethyl adjacent to an activating group) is 1. The van der Waals surface area contributed by atoms with Crippen LogP contribution in [0.5, 0.6) is 5.75 Å². The molecular weight excluding hydrogens is 575 g/mol. The SMILES string of the molecule is C[C@@H]1CN([C@@H](C)CO)S(=O)(=O)c2ccc(-c3cccc(C(=O)N(C)C)c3)cc2O[C@@H]1CN(C)C(=O)Nc1ccc(F)cc1. The summed E-state index contributed by atoms with van der Waals surface area (Å²) in [4.78, 5) is 28.4. The molecule has 1 heterocycles. The molecule has 0 spiro atoms. The number of fused-ring (bicyclic) bond motifs is 1. The Morgan fingerprint density at radius 2 is 1.74 bits per heavy atom. The summed E-state index contributed by atoms with van der Waals surface area (Å²) in [5.74, 6) is -0.881. The molecule has 3 amide bonds. The van der Waals surface area contributed by atoms with E-state index in [2.05, 4.69) is 5.32 Å². The first kappa shape index (κ1) is 31.9. The van der Waals surface area contributed by atoms with Crippen LogP contribution in [-0.2, 0) is 10.0 Å². The Bertz CT molecular complexity index is 1580. The van der Waals surface area contributed by atoms with Crippen molar-refractivity contribution in [3.8, 4) is 16.9 Å². The number of nitrogens with zero attached hydrogens (tertiary/aromatic N) is 3. The molecule has 0 saturated carbocycles. The van der Waals surface area contributed by atoms with Gasteiger partial charge in [-0.1, -0.05) is 25.1 Å². The number of urea groups is 1. The predicted molar refractivity (Wildman–Crippen MR) is 162 cm³/mol. The number of carbonyl (C=O) groups is 2. The van der Waals surface area contributed by atoms with Gasteiger partial charge in [0.15, 0.2) is 0 Å². The number of halogens is 1. The molecule has 0 aromatic heterocycles. The highest BCUT2D eigenvalue weighted by atomic mass is 32.2. The summed E-state index contributed by atoms with van der Waals surface area (Å²) in [5.41, 5.74) is 2.23. The molecule has 12 heteroatoms. The van der Waals surface area contributed by atoms with Gasteiger partial charge >= 0.3 is 6.03 Å². The molecule has 0 aliphatic carbocycles. The highest BCUT2D eigenvalue weighted by Crippen LogP contribution is 2.37. The van der Waals surface area contributed by atoms with E-state index in [1.165, 1.54) is 44.4 Å². The minimum Gasteiger partial charge on any atom is -0.487 e. The highest BCUT2D eigenvalue weighted by Gasteiger charge is 2.38. The Hall–Kier alpha value is -4.00. The molecule has 4 rings (SSSR count). The first-order valence-electron chi connectivity index (χ1n) is 13.8. The molecule has 10 nitrogen and oxygen atoms in total. The number of carbonyl (C=O) groups excluding carboxylic acids is 2. The van der Waals surface area contributed by atoms with Crippen molar-refractivity contribution < 1.29 is 32.2 Å². The summed E-state index contributed by atoms with van der Waals surface area (Å²) < 4.78 is 48.6. The summed E-state index contributed by atoms with van der Waals surface area (Å²) in [6.07, 6.45) is -0.636. The average Bonchev–Trinajstić information content (AvgIpc) is 2.98. The summed E-state index contributed by atoms with van der Waals surface area (Å²) in [7, 11) is 0.846. The Balaban J connectivity index is 1.71. The van der Waals surface area contributed by atoms with Gasteiger partial charge in [0.1, 0.15) is 22.6 Å². The van der Waals surface area contributed by atoms with Crippen molar-refractivity contribution in [2.45, 2.75) is 30.9 Å². The lowest BCUT2D eigenvalue weighted by molar-refractivity contribution is 0.0827. The smallest absolute Gasteiger partial charge is 0.321 e. The third kappa shape index (κ3) is 7.15. The van der Waals surface area contributed by atoms with Crippen LogP contribution in [0, 0.1) is 11.7 Å².